The Hall–Kier alpha value is -3.53. The van der Waals surface area contributed by atoms with Crippen LogP contribution in [-0.2, 0) is 0 Å². The van der Waals surface area contributed by atoms with E-state index in [1.54, 1.807) is 6.07 Å². The number of nitriles is 1. The fourth-order valence-corrected chi connectivity index (χ4v) is 1.87. The van der Waals surface area contributed by atoms with Crippen molar-refractivity contribution in [1.29, 1.82) is 5.26 Å². The summed E-state index contributed by atoms with van der Waals surface area (Å²) in [4.78, 5) is 20.5. The second-order valence-corrected chi connectivity index (χ2v) is 4.29. The largest absolute Gasteiger partial charge is 0.276 e. The zero-order valence-corrected chi connectivity index (χ0v) is 11.2. The summed E-state index contributed by atoms with van der Waals surface area (Å²) in [6.07, 6.45) is 1.39. The summed E-state index contributed by atoms with van der Waals surface area (Å²) in [6.45, 7) is 0. The van der Waals surface area contributed by atoms with E-state index in [0.717, 1.165) is 0 Å². The van der Waals surface area contributed by atoms with Crippen LogP contribution in [0.5, 0.6) is 0 Å². The smallest absolute Gasteiger partial charge is 0.258 e. The van der Waals surface area contributed by atoms with Crippen molar-refractivity contribution in [3.63, 3.8) is 0 Å². The Bertz CT molecular complexity index is 804. The van der Waals surface area contributed by atoms with Gasteiger partial charge in [-0.25, -0.2) is 0 Å². The fourth-order valence-electron chi connectivity index (χ4n) is 1.87. The first-order chi connectivity index (χ1) is 10.5. The lowest BCUT2D eigenvalue weighted by Gasteiger charge is -2.01. The molecule has 0 saturated heterocycles. The molecule has 108 valence electrons. The standard InChI is InChI=1S/C15H9N3O4/c16-10-13(11-5-7-14(8-6-11)17(19)20)9-12-3-1-2-4-15(12)18(21)22/h1-9H/b13-9-. The van der Waals surface area contributed by atoms with Crippen molar-refractivity contribution in [2.45, 2.75) is 0 Å². The third kappa shape index (κ3) is 3.13. The first-order valence-corrected chi connectivity index (χ1v) is 6.13. The van der Waals surface area contributed by atoms with Crippen LogP contribution in [0.2, 0.25) is 0 Å². The molecule has 7 heteroatoms. The zero-order valence-electron chi connectivity index (χ0n) is 11.2. The lowest BCUT2D eigenvalue weighted by Crippen LogP contribution is -1.92. The van der Waals surface area contributed by atoms with E-state index in [1.165, 1.54) is 48.5 Å². The van der Waals surface area contributed by atoms with Crippen LogP contribution in [0.25, 0.3) is 11.6 Å². The second kappa shape index (κ2) is 6.28. The summed E-state index contributed by atoms with van der Waals surface area (Å²) in [5, 5.41) is 30.8. The molecule has 0 aromatic heterocycles. The molecule has 0 bridgehead atoms. The zero-order chi connectivity index (χ0) is 16.1. The van der Waals surface area contributed by atoms with Gasteiger partial charge in [0.15, 0.2) is 0 Å². The van der Waals surface area contributed by atoms with Crippen molar-refractivity contribution in [2.75, 3.05) is 0 Å². The minimum atomic E-state index is -0.540. The molecule has 0 aliphatic heterocycles. The molecule has 7 nitrogen and oxygen atoms in total. The summed E-state index contributed by atoms with van der Waals surface area (Å²) in [7, 11) is 0. The van der Waals surface area contributed by atoms with E-state index in [4.69, 9.17) is 0 Å². The number of non-ortho nitro benzene ring substituents is 1. The van der Waals surface area contributed by atoms with Gasteiger partial charge in [-0.3, -0.25) is 20.2 Å². The molecule has 0 amide bonds. The van der Waals surface area contributed by atoms with Gasteiger partial charge >= 0.3 is 0 Å². The molecule has 0 unspecified atom stereocenters. The number of nitro benzene ring substituents is 2. The number of allylic oxidation sites excluding steroid dienone is 1. The highest BCUT2D eigenvalue weighted by Crippen LogP contribution is 2.25. The lowest BCUT2D eigenvalue weighted by atomic mass is 10.0. The van der Waals surface area contributed by atoms with E-state index < -0.39 is 9.85 Å². The van der Waals surface area contributed by atoms with Gasteiger partial charge in [0.2, 0.25) is 0 Å². The molecule has 2 aromatic rings. The average molecular weight is 295 g/mol. The predicted octanol–water partition coefficient (Wildman–Crippen LogP) is 3.57. The van der Waals surface area contributed by atoms with Gasteiger partial charge in [-0.2, -0.15) is 5.26 Å². The van der Waals surface area contributed by atoms with Crippen molar-refractivity contribution in [1.82, 2.24) is 0 Å². The molecule has 0 aliphatic carbocycles. The summed E-state index contributed by atoms with van der Waals surface area (Å²) < 4.78 is 0. The van der Waals surface area contributed by atoms with Crippen LogP contribution in [0.4, 0.5) is 11.4 Å². The third-order valence-electron chi connectivity index (χ3n) is 2.94. The molecule has 2 rings (SSSR count). The van der Waals surface area contributed by atoms with Crippen LogP contribution in [-0.4, -0.2) is 9.85 Å². The van der Waals surface area contributed by atoms with Gasteiger partial charge in [0, 0.05) is 18.2 Å². The summed E-state index contributed by atoms with van der Waals surface area (Å²) in [6, 6.07) is 13.4. The number of hydrogen-bond donors (Lipinski definition) is 0. The molecular weight excluding hydrogens is 286 g/mol. The van der Waals surface area contributed by atoms with Crippen molar-refractivity contribution in [3.8, 4) is 6.07 Å². The maximum atomic E-state index is 11.0. The van der Waals surface area contributed by atoms with Gasteiger partial charge in [0.1, 0.15) is 0 Å². The van der Waals surface area contributed by atoms with Crippen LogP contribution in [0.3, 0.4) is 0 Å². The number of rotatable bonds is 4. The summed E-state index contributed by atoms with van der Waals surface area (Å²) in [5.74, 6) is 0. The topological polar surface area (TPSA) is 110 Å². The molecule has 0 heterocycles. The van der Waals surface area contributed by atoms with E-state index in [0.29, 0.717) is 11.1 Å². The SMILES string of the molecule is N#C/C(=C/c1ccccc1[N+](=O)[O-])c1ccc([N+](=O)[O-])cc1. The number of benzene rings is 2. The summed E-state index contributed by atoms with van der Waals surface area (Å²) >= 11 is 0. The Morgan fingerprint density at radius 1 is 1.00 bits per heavy atom. The number of nitro groups is 2. The van der Waals surface area contributed by atoms with E-state index in [9.17, 15) is 25.5 Å². The normalized spacial score (nSPS) is 10.8. The Morgan fingerprint density at radius 2 is 1.64 bits per heavy atom. The minimum absolute atomic E-state index is 0.0910. The maximum Gasteiger partial charge on any atom is 0.276 e. The summed E-state index contributed by atoms with van der Waals surface area (Å²) in [5.41, 5.74) is 0.724. The molecule has 0 aliphatic rings. The van der Waals surface area contributed by atoms with E-state index >= 15 is 0 Å². The number of hydrogen-bond acceptors (Lipinski definition) is 5. The van der Waals surface area contributed by atoms with Crippen LogP contribution < -0.4 is 0 Å². The van der Waals surface area contributed by atoms with Gasteiger partial charge in [0.25, 0.3) is 11.4 Å². The molecule has 2 aromatic carbocycles. The van der Waals surface area contributed by atoms with Crippen LogP contribution in [0, 0.1) is 31.6 Å². The van der Waals surface area contributed by atoms with E-state index in [2.05, 4.69) is 0 Å². The fraction of sp³-hybridized carbons (Fsp3) is 0. The molecule has 0 radical (unpaired) electrons. The van der Waals surface area contributed by atoms with Crippen LogP contribution in [0.15, 0.2) is 48.5 Å². The first-order valence-electron chi connectivity index (χ1n) is 6.13. The number of nitrogens with zero attached hydrogens (tertiary/aromatic N) is 3. The molecule has 0 N–H and O–H groups in total. The van der Waals surface area contributed by atoms with Gasteiger partial charge in [-0.05, 0) is 29.8 Å². The maximum absolute atomic E-state index is 11.0. The second-order valence-electron chi connectivity index (χ2n) is 4.29. The highest BCUT2D eigenvalue weighted by molar-refractivity contribution is 5.91. The van der Waals surface area contributed by atoms with Gasteiger partial charge in [-0.15, -0.1) is 0 Å². The van der Waals surface area contributed by atoms with Gasteiger partial charge in [-0.1, -0.05) is 12.1 Å². The Kier molecular flexibility index (Phi) is 4.24. The van der Waals surface area contributed by atoms with Crippen LogP contribution in [0.1, 0.15) is 11.1 Å². The van der Waals surface area contributed by atoms with Crippen molar-refractivity contribution >= 4 is 23.0 Å². The molecule has 22 heavy (non-hydrogen) atoms. The highest BCUT2D eigenvalue weighted by Gasteiger charge is 2.12. The molecule has 0 fully saturated rings. The van der Waals surface area contributed by atoms with Gasteiger partial charge < -0.3 is 0 Å². The minimum Gasteiger partial charge on any atom is -0.258 e. The highest BCUT2D eigenvalue weighted by atomic mass is 16.6. The molecule has 0 saturated carbocycles. The Balaban J connectivity index is 2.46. The van der Waals surface area contributed by atoms with Crippen molar-refractivity contribution < 1.29 is 9.85 Å². The van der Waals surface area contributed by atoms with E-state index in [-0.39, 0.29) is 16.9 Å². The monoisotopic (exact) mass is 295 g/mol. The number of para-hydroxylation sites is 1. The Labute approximate surface area is 125 Å². The van der Waals surface area contributed by atoms with Crippen molar-refractivity contribution in [3.05, 3.63) is 79.9 Å². The van der Waals surface area contributed by atoms with E-state index in [1.807, 2.05) is 6.07 Å². The third-order valence-corrected chi connectivity index (χ3v) is 2.94. The molecule has 0 atom stereocenters. The molecular formula is C15H9N3O4. The quantitative estimate of drug-likeness (QED) is 0.370. The predicted molar refractivity (Wildman–Crippen MR) is 79.7 cm³/mol. The lowest BCUT2D eigenvalue weighted by molar-refractivity contribution is -0.385. The Morgan fingerprint density at radius 3 is 2.18 bits per heavy atom. The molecule has 0 spiro atoms. The average Bonchev–Trinajstić information content (AvgIpc) is 2.53. The first kappa shape index (κ1) is 14.9. The van der Waals surface area contributed by atoms with Gasteiger partial charge in [0.05, 0.1) is 27.1 Å². The van der Waals surface area contributed by atoms with Crippen molar-refractivity contribution in [2.24, 2.45) is 0 Å². The van der Waals surface area contributed by atoms with Crippen LogP contribution >= 0.6 is 0 Å².